The molecule has 5 nitrogen and oxygen atoms in total. The standard InChI is InChI=1S/C15H27N3O2S/c1-7-15(4,5)18(6)21(19,20)14-9-8-13(11-17-14)10-16-12(2)3/h8-9,11-12,16H,7,10H2,1-6H3. The van der Waals surface area contributed by atoms with Crippen molar-refractivity contribution in [3.05, 3.63) is 23.9 Å². The zero-order valence-corrected chi connectivity index (χ0v) is 14.7. The predicted octanol–water partition coefficient (Wildman–Crippen LogP) is 2.39. The van der Waals surface area contributed by atoms with Crippen molar-refractivity contribution in [1.82, 2.24) is 14.6 Å². The smallest absolute Gasteiger partial charge is 0.260 e. The van der Waals surface area contributed by atoms with Gasteiger partial charge in [-0.15, -0.1) is 0 Å². The van der Waals surface area contributed by atoms with Gasteiger partial charge in [-0.25, -0.2) is 13.4 Å². The summed E-state index contributed by atoms with van der Waals surface area (Å²) in [5, 5.41) is 3.37. The molecule has 0 saturated carbocycles. The third kappa shape index (κ3) is 4.49. The fraction of sp³-hybridized carbons (Fsp3) is 0.667. The second-order valence-corrected chi connectivity index (χ2v) is 8.09. The van der Waals surface area contributed by atoms with Crippen LogP contribution in [0.3, 0.4) is 0 Å². The van der Waals surface area contributed by atoms with Crippen LogP contribution in [0.15, 0.2) is 23.4 Å². The summed E-state index contributed by atoms with van der Waals surface area (Å²) in [6.07, 6.45) is 2.36. The molecule has 0 atom stereocenters. The summed E-state index contributed by atoms with van der Waals surface area (Å²) in [6, 6.07) is 3.77. The Hall–Kier alpha value is -0.980. The minimum absolute atomic E-state index is 0.0971. The fourth-order valence-electron chi connectivity index (χ4n) is 1.68. The fourth-order valence-corrected chi connectivity index (χ4v) is 3.16. The molecule has 0 spiro atoms. The zero-order valence-electron chi connectivity index (χ0n) is 13.8. The van der Waals surface area contributed by atoms with Gasteiger partial charge in [-0.1, -0.05) is 26.8 Å². The molecule has 0 aliphatic heterocycles. The van der Waals surface area contributed by atoms with Crippen LogP contribution >= 0.6 is 0 Å². The first-order valence-electron chi connectivity index (χ1n) is 7.28. The molecule has 1 rings (SSSR count). The zero-order chi connectivity index (χ0) is 16.3. The SMILES string of the molecule is CCC(C)(C)N(C)S(=O)(=O)c1ccc(CNC(C)C)cn1. The maximum atomic E-state index is 12.6. The lowest BCUT2D eigenvalue weighted by atomic mass is 10.0. The lowest BCUT2D eigenvalue weighted by Gasteiger charge is -2.33. The van der Waals surface area contributed by atoms with E-state index in [0.717, 1.165) is 12.0 Å². The van der Waals surface area contributed by atoms with E-state index >= 15 is 0 Å². The van der Waals surface area contributed by atoms with Crippen molar-refractivity contribution in [2.24, 2.45) is 0 Å². The van der Waals surface area contributed by atoms with Gasteiger partial charge in [0.15, 0.2) is 5.03 Å². The van der Waals surface area contributed by atoms with E-state index in [1.54, 1.807) is 19.3 Å². The van der Waals surface area contributed by atoms with Crippen molar-refractivity contribution >= 4 is 10.0 Å². The van der Waals surface area contributed by atoms with Crippen LogP contribution in [-0.4, -0.2) is 36.3 Å². The van der Waals surface area contributed by atoms with E-state index in [-0.39, 0.29) is 5.03 Å². The number of aromatic nitrogens is 1. The maximum absolute atomic E-state index is 12.6. The first-order chi connectivity index (χ1) is 9.61. The molecule has 0 aromatic carbocycles. The Labute approximate surface area is 128 Å². The van der Waals surface area contributed by atoms with Crippen LogP contribution in [0.5, 0.6) is 0 Å². The highest BCUT2D eigenvalue weighted by Gasteiger charge is 2.33. The van der Waals surface area contributed by atoms with Crippen LogP contribution in [0.1, 0.15) is 46.6 Å². The number of pyridine rings is 1. The van der Waals surface area contributed by atoms with Gasteiger partial charge >= 0.3 is 0 Å². The molecule has 120 valence electrons. The van der Waals surface area contributed by atoms with Crippen LogP contribution < -0.4 is 5.32 Å². The molecule has 1 aromatic heterocycles. The molecule has 21 heavy (non-hydrogen) atoms. The Morgan fingerprint density at radius 2 is 1.95 bits per heavy atom. The monoisotopic (exact) mass is 313 g/mol. The minimum Gasteiger partial charge on any atom is -0.310 e. The molecule has 0 saturated heterocycles. The second-order valence-electron chi connectivity index (χ2n) is 6.18. The molecular formula is C15H27N3O2S. The third-order valence-corrected chi connectivity index (χ3v) is 5.84. The molecule has 1 N–H and O–H groups in total. The van der Waals surface area contributed by atoms with Crippen LogP contribution in [-0.2, 0) is 16.6 Å². The molecule has 0 bridgehead atoms. The van der Waals surface area contributed by atoms with Gasteiger partial charge in [0.25, 0.3) is 10.0 Å². The summed E-state index contributed by atoms with van der Waals surface area (Å²) in [7, 11) is -1.95. The summed E-state index contributed by atoms with van der Waals surface area (Å²) in [5.74, 6) is 0. The number of hydrogen-bond acceptors (Lipinski definition) is 4. The van der Waals surface area contributed by atoms with E-state index in [9.17, 15) is 8.42 Å². The van der Waals surface area contributed by atoms with E-state index < -0.39 is 15.6 Å². The van der Waals surface area contributed by atoms with Gasteiger partial charge in [0.05, 0.1) is 0 Å². The molecule has 0 aliphatic carbocycles. The summed E-state index contributed by atoms with van der Waals surface area (Å²) < 4.78 is 26.5. The normalized spacial score (nSPS) is 13.1. The summed E-state index contributed by atoms with van der Waals surface area (Å²) >= 11 is 0. The number of nitrogens with zero attached hydrogens (tertiary/aromatic N) is 2. The van der Waals surface area contributed by atoms with E-state index in [1.165, 1.54) is 4.31 Å². The Kier molecular flexibility index (Phi) is 5.90. The molecule has 0 radical (unpaired) electrons. The molecule has 0 amide bonds. The van der Waals surface area contributed by atoms with Crippen molar-refractivity contribution in [3.63, 3.8) is 0 Å². The Morgan fingerprint density at radius 1 is 1.33 bits per heavy atom. The minimum atomic E-state index is -3.55. The Bertz CT molecular complexity index is 551. The van der Waals surface area contributed by atoms with E-state index in [0.29, 0.717) is 12.6 Å². The highest BCUT2D eigenvalue weighted by molar-refractivity contribution is 7.89. The first kappa shape index (κ1) is 18.1. The molecule has 1 aromatic rings. The quantitative estimate of drug-likeness (QED) is 0.839. The number of hydrogen-bond donors (Lipinski definition) is 1. The lowest BCUT2D eigenvalue weighted by molar-refractivity contribution is 0.256. The topological polar surface area (TPSA) is 62.3 Å². The van der Waals surface area contributed by atoms with E-state index in [1.807, 2.05) is 26.8 Å². The molecule has 0 fully saturated rings. The molecule has 0 unspecified atom stereocenters. The van der Waals surface area contributed by atoms with Gasteiger partial charge in [0, 0.05) is 31.4 Å². The number of rotatable bonds is 7. The van der Waals surface area contributed by atoms with Crippen molar-refractivity contribution in [2.75, 3.05) is 7.05 Å². The van der Waals surface area contributed by atoms with Gasteiger partial charge in [0.1, 0.15) is 0 Å². The summed E-state index contributed by atoms with van der Waals surface area (Å²) in [5.41, 5.74) is 0.540. The van der Waals surface area contributed by atoms with Crippen LogP contribution in [0.4, 0.5) is 0 Å². The molecular weight excluding hydrogens is 286 g/mol. The molecule has 1 heterocycles. The van der Waals surface area contributed by atoms with Gasteiger partial charge < -0.3 is 5.32 Å². The maximum Gasteiger partial charge on any atom is 0.260 e. The van der Waals surface area contributed by atoms with E-state index in [4.69, 9.17) is 0 Å². The first-order valence-corrected chi connectivity index (χ1v) is 8.72. The average Bonchev–Trinajstić information content (AvgIpc) is 2.44. The van der Waals surface area contributed by atoms with Crippen LogP contribution in [0.25, 0.3) is 0 Å². The third-order valence-electron chi connectivity index (χ3n) is 3.85. The van der Waals surface area contributed by atoms with Crippen LogP contribution in [0.2, 0.25) is 0 Å². The highest BCUT2D eigenvalue weighted by atomic mass is 32.2. The average molecular weight is 313 g/mol. The Balaban J connectivity index is 2.95. The van der Waals surface area contributed by atoms with E-state index in [2.05, 4.69) is 24.1 Å². The predicted molar refractivity (Wildman–Crippen MR) is 85.5 cm³/mol. The Morgan fingerprint density at radius 3 is 2.38 bits per heavy atom. The van der Waals surface area contributed by atoms with Gasteiger partial charge in [-0.05, 0) is 31.9 Å². The molecule has 6 heteroatoms. The van der Waals surface area contributed by atoms with Gasteiger partial charge in [-0.3, -0.25) is 0 Å². The molecule has 0 aliphatic rings. The van der Waals surface area contributed by atoms with Crippen molar-refractivity contribution in [2.45, 2.75) is 64.2 Å². The number of nitrogens with one attached hydrogen (secondary N) is 1. The second kappa shape index (κ2) is 6.85. The van der Waals surface area contributed by atoms with Crippen LogP contribution in [0, 0.1) is 0 Å². The summed E-state index contributed by atoms with van der Waals surface area (Å²) in [4.78, 5) is 4.13. The number of sulfonamides is 1. The largest absolute Gasteiger partial charge is 0.310 e. The van der Waals surface area contributed by atoms with Gasteiger partial charge in [0.2, 0.25) is 0 Å². The summed E-state index contributed by atoms with van der Waals surface area (Å²) in [6.45, 7) is 10.6. The van der Waals surface area contributed by atoms with Crippen molar-refractivity contribution < 1.29 is 8.42 Å². The highest BCUT2D eigenvalue weighted by Crippen LogP contribution is 2.24. The van der Waals surface area contributed by atoms with Gasteiger partial charge in [-0.2, -0.15) is 4.31 Å². The lowest BCUT2D eigenvalue weighted by Crippen LogP contribution is -2.44. The van der Waals surface area contributed by atoms with Crippen molar-refractivity contribution in [1.29, 1.82) is 0 Å². The van der Waals surface area contributed by atoms with Crippen molar-refractivity contribution in [3.8, 4) is 0 Å².